The maximum atomic E-state index is 14.8. The van der Waals surface area contributed by atoms with Crippen LogP contribution in [0.3, 0.4) is 0 Å². The van der Waals surface area contributed by atoms with Crippen molar-refractivity contribution in [2.45, 2.75) is 6.92 Å². The summed E-state index contributed by atoms with van der Waals surface area (Å²) in [6.07, 6.45) is 2.66. The fourth-order valence-electron chi connectivity index (χ4n) is 3.99. The third-order valence-electron chi connectivity index (χ3n) is 5.43. The van der Waals surface area contributed by atoms with Crippen LogP contribution in [0.15, 0.2) is 54.9 Å². The lowest BCUT2D eigenvalue weighted by Crippen LogP contribution is -2.04. The Morgan fingerprint density at radius 1 is 1.03 bits per heavy atom. The van der Waals surface area contributed by atoms with Crippen molar-refractivity contribution >= 4 is 27.9 Å². The monoisotopic (exact) mass is 448 g/mol. The first-order valence-electron chi connectivity index (χ1n) is 9.86. The van der Waals surface area contributed by atoms with E-state index in [0.29, 0.717) is 22.5 Å². The molecular formula is C24H15F3N4O2. The molecule has 3 heterocycles. The van der Waals surface area contributed by atoms with E-state index in [0.717, 1.165) is 6.20 Å². The van der Waals surface area contributed by atoms with Crippen molar-refractivity contribution in [3.63, 3.8) is 0 Å². The highest BCUT2D eigenvalue weighted by Gasteiger charge is 2.23. The summed E-state index contributed by atoms with van der Waals surface area (Å²) in [4.78, 5) is 24.6. The Hall–Kier alpha value is -4.27. The van der Waals surface area contributed by atoms with E-state index in [9.17, 15) is 18.0 Å². The first-order valence-corrected chi connectivity index (χ1v) is 9.86. The van der Waals surface area contributed by atoms with Gasteiger partial charge >= 0.3 is 5.97 Å². The van der Waals surface area contributed by atoms with E-state index in [4.69, 9.17) is 4.74 Å². The van der Waals surface area contributed by atoms with E-state index in [2.05, 4.69) is 15.0 Å². The molecule has 2 aromatic carbocycles. The number of fused-ring (bicyclic) bond motifs is 2. The van der Waals surface area contributed by atoms with Crippen LogP contribution < -0.4 is 0 Å². The Morgan fingerprint density at radius 2 is 1.82 bits per heavy atom. The van der Waals surface area contributed by atoms with Crippen LogP contribution >= 0.6 is 0 Å². The predicted molar refractivity (Wildman–Crippen MR) is 116 cm³/mol. The third-order valence-corrected chi connectivity index (χ3v) is 5.43. The van der Waals surface area contributed by atoms with Crippen LogP contribution in [-0.4, -0.2) is 32.6 Å². The number of methoxy groups -OCH3 is 1. The van der Waals surface area contributed by atoms with Gasteiger partial charge in [0.2, 0.25) is 5.95 Å². The van der Waals surface area contributed by atoms with Crippen molar-refractivity contribution < 1.29 is 22.7 Å². The minimum atomic E-state index is -1.26. The van der Waals surface area contributed by atoms with Gasteiger partial charge in [-0.3, -0.25) is 9.55 Å². The second-order valence-electron chi connectivity index (χ2n) is 7.30. The van der Waals surface area contributed by atoms with Gasteiger partial charge in [-0.2, -0.15) is 4.39 Å². The Balaban J connectivity index is 1.91. The Kier molecular flexibility index (Phi) is 4.81. The normalized spacial score (nSPS) is 11.3. The summed E-state index contributed by atoms with van der Waals surface area (Å²) in [7, 11) is 1.21. The molecule has 0 radical (unpaired) electrons. The first-order chi connectivity index (χ1) is 15.9. The molecule has 0 fully saturated rings. The van der Waals surface area contributed by atoms with E-state index in [1.165, 1.54) is 31.5 Å². The van der Waals surface area contributed by atoms with Gasteiger partial charge < -0.3 is 4.74 Å². The second-order valence-corrected chi connectivity index (χ2v) is 7.30. The molecule has 0 aliphatic carbocycles. The van der Waals surface area contributed by atoms with E-state index < -0.39 is 23.6 Å². The average molecular weight is 448 g/mol. The molecule has 164 valence electrons. The third kappa shape index (κ3) is 3.20. The van der Waals surface area contributed by atoms with E-state index in [1.807, 2.05) is 0 Å². The van der Waals surface area contributed by atoms with Gasteiger partial charge in [-0.05, 0) is 48.9 Å². The van der Waals surface area contributed by atoms with Gasteiger partial charge in [0.25, 0.3) is 0 Å². The number of hydrogen-bond acceptors (Lipinski definition) is 5. The summed E-state index contributed by atoms with van der Waals surface area (Å²) in [6, 6.07) is 10.4. The smallest absolute Gasteiger partial charge is 0.340 e. The average Bonchev–Trinajstić information content (AvgIpc) is 3.15. The van der Waals surface area contributed by atoms with Gasteiger partial charge in [-0.25, -0.2) is 23.5 Å². The zero-order chi connectivity index (χ0) is 23.3. The summed E-state index contributed by atoms with van der Waals surface area (Å²) < 4.78 is 49.8. The van der Waals surface area contributed by atoms with Gasteiger partial charge in [0.15, 0.2) is 5.82 Å². The molecule has 0 bridgehead atoms. The number of esters is 1. The lowest BCUT2D eigenvalue weighted by molar-refractivity contribution is 0.0603. The number of rotatable bonds is 3. The molecule has 0 aliphatic rings. The highest BCUT2D eigenvalue weighted by molar-refractivity contribution is 6.05. The predicted octanol–water partition coefficient (Wildman–Crippen LogP) is 5.15. The first kappa shape index (κ1) is 20.6. The van der Waals surface area contributed by atoms with Crippen molar-refractivity contribution in [1.29, 1.82) is 0 Å². The van der Waals surface area contributed by atoms with Gasteiger partial charge in [-0.1, -0.05) is 6.07 Å². The van der Waals surface area contributed by atoms with Crippen molar-refractivity contribution in [3.8, 4) is 16.8 Å². The van der Waals surface area contributed by atoms with Crippen molar-refractivity contribution in [2.24, 2.45) is 0 Å². The Morgan fingerprint density at radius 3 is 2.61 bits per heavy atom. The van der Waals surface area contributed by atoms with Gasteiger partial charge in [0, 0.05) is 18.0 Å². The van der Waals surface area contributed by atoms with Crippen molar-refractivity contribution in [1.82, 2.24) is 19.5 Å². The number of pyridine rings is 2. The molecule has 0 spiro atoms. The van der Waals surface area contributed by atoms with Crippen LogP contribution in [0, 0.1) is 24.5 Å². The molecule has 33 heavy (non-hydrogen) atoms. The lowest BCUT2D eigenvalue weighted by Gasteiger charge is -2.13. The van der Waals surface area contributed by atoms with Crippen LogP contribution in [0.2, 0.25) is 0 Å². The number of imidazole rings is 1. The fourth-order valence-corrected chi connectivity index (χ4v) is 3.99. The maximum Gasteiger partial charge on any atom is 0.340 e. The molecule has 0 saturated heterocycles. The molecule has 0 unspecified atom stereocenters. The molecule has 0 aliphatic heterocycles. The molecule has 0 atom stereocenters. The number of halogens is 3. The molecule has 0 saturated carbocycles. The number of carbonyl (C=O) groups is 1. The Labute approximate surface area is 185 Å². The second kappa shape index (κ2) is 7.70. The quantitative estimate of drug-likeness (QED) is 0.282. The van der Waals surface area contributed by atoms with Crippen LogP contribution in [-0.2, 0) is 4.74 Å². The number of aryl methyl sites for hydroxylation is 1. The van der Waals surface area contributed by atoms with Gasteiger partial charge in [0.1, 0.15) is 17.2 Å². The molecule has 0 amide bonds. The van der Waals surface area contributed by atoms with Gasteiger partial charge in [-0.15, -0.1) is 0 Å². The summed E-state index contributed by atoms with van der Waals surface area (Å²) >= 11 is 0. The molecule has 3 aromatic heterocycles. The number of aromatic nitrogens is 4. The lowest BCUT2D eigenvalue weighted by atomic mass is 10.0. The van der Waals surface area contributed by atoms with E-state index in [1.54, 1.807) is 35.8 Å². The van der Waals surface area contributed by atoms with Gasteiger partial charge in [0.05, 0.1) is 34.8 Å². The number of carbonyl (C=O) groups excluding carboxylic acids is 1. The molecule has 9 heteroatoms. The summed E-state index contributed by atoms with van der Waals surface area (Å²) in [5.41, 5.74) is 1.71. The number of ether oxygens (including phenoxy) is 1. The molecular weight excluding hydrogens is 433 g/mol. The fraction of sp³-hybridized carbons (Fsp3) is 0.0833. The molecule has 5 aromatic rings. The zero-order valence-electron chi connectivity index (χ0n) is 17.4. The number of hydrogen-bond donors (Lipinski definition) is 0. The SMILES string of the molecule is COC(=O)c1cc(-c2ccnc(F)c2F)cc2c1nc(C)n2-c1ccnc2cccc(F)c12. The van der Waals surface area contributed by atoms with E-state index >= 15 is 0 Å². The topological polar surface area (TPSA) is 69.9 Å². The minimum Gasteiger partial charge on any atom is -0.465 e. The number of benzene rings is 2. The zero-order valence-corrected chi connectivity index (χ0v) is 17.4. The van der Waals surface area contributed by atoms with E-state index in [-0.39, 0.29) is 27.6 Å². The molecule has 0 N–H and O–H groups in total. The molecule has 6 nitrogen and oxygen atoms in total. The molecule has 5 rings (SSSR count). The standard InChI is InChI=1S/C24H15F3N4O2/c1-12-30-22-15(24(32)33-2)10-13(14-6-8-29-23(27)21(14)26)11-19(22)31(12)18-7-9-28-17-5-3-4-16(25)20(17)18/h3-11H,1-2H3. The summed E-state index contributed by atoms with van der Waals surface area (Å²) in [5.74, 6) is -3.16. The Bertz CT molecular complexity index is 1570. The van der Waals surface area contributed by atoms with Crippen LogP contribution in [0.4, 0.5) is 13.2 Å². The summed E-state index contributed by atoms with van der Waals surface area (Å²) in [5, 5.41) is 0.258. The van der Waals surface area contributed by atoms with Crippen molar-refractivity contribution in [2.75, 3.05) is 7.11 Å². The van der Waals surface area contributed by atoms with Crippen LogP contribution in [0.1, 0.15) is 16.2 Å². The highest BCUT2D eigenvalue weighted by atomic mass is 19.2. The highest BCUT2D eigenvalue weighted by Crippen LogP contribution is 2.34. The van der Waals surface area contributed by atoms with Crippen molar-refractivity contribution in [3.05, 3.63) is 83.8 Å². The van der Waals surface area contributed by atoms with Crippen LogP contribution in [0.25, 0.3) is 38.8 Å². The number of nitrogens with zero attached hydrogens (tertiary/aromatic N) is 4. The summed E-state index contributed by atoms with van der Waals surface area (Å²) in [6.45, 7) is 1.69. The minimum absolute atomic E-state index is 0.0577. The van der Waals surface area contributed by atoms with Crippen LogP contribution in [0.5, 0.6) is 0 Å². The maximum absolute atomic E-state index is 14.8. The largest absolute Gasteiger partial charge is 0.465 e.